The van der Waals surface area contributed by atoms with Crippen molar-refractivity contribution in [2.45, 2.75) is 47.1 Å². The van der Waals surface area contributed by atoms with Crippen LogP contribution in [0.3, 0.4) is 0 Å². The average Bonchev–Trinajstić information content (AvgIpc) is 3.10. The minimum absolute atomic E-state index is 0.0704. The van der Waals surface area contributed by atoms with Gasteiger partial charge in [0, 0.05) is 31.2 Å². The monoisotopic (exact) mass is 457 g/mol. The van der Waals surface area contributed by atoms with Crippen molar-refractivity contribution >= 4 is 17.8 Å². The van der Waals surface area contributed by atoms with Crippen molar-refractivity contribution in [1.29, 1.82) is 0 Å². The Kier molecular flexibility index (Phi) is 7.89. The Hall–Kier alpha value is -3.16. The molecule has 0 spiro atoms. The first-order valence-corrected chi connectivity index (χ1v) is 11.4. The second kappa shape index (κ2) is 10.6. The number of esters is 1. The smallest absolute Gasteiger partial charge is 0.340 e. The van der Waals surface area contributed by atoms with E-state index in [1.165, 1.54) is 12.1 Å². The number of carbonyl (C=O) groups is 3. The zero-order chi connectivity index (χ0) is 24.1. The van der Waals surface area contributed by atoms with E-state index in [0.717, 1.165) is 5.56 Å². The number of halogens is 1. The first kappa shape index (κ1) is 24.5. The maximum atomic E-state index is 13.3. The third-order valence-electron chi connectivity index (χ3n) is 6.43. The third-order valence-corrected chi connectivity index (χ3v) is 6.43. The van der Waals surface area contributed by atoms with E-state index >= 15 is 0 Å². The molecule has 1 saturated heterocycles. The van der Waals surface area contributed by atoms with Crippen molar-refractivity contribution in [3.05, 3.63) is 58.2 Å². The maximum Gasteiger partial charge on any atom is 0.340 e. The Morgan fingerprint density at radius 1 is 1.24 bits per heavy atom. The normalized spacial score (nSPS) is 15.2. The van der Waals surface area contributed by atoms with Crippen molar-refractivity contribution in [2.75, 3.05) is 19.7 Å². The number of hydrogen-bond donors (Lipinski definition) is 2. The van der Waals surface area contributed by atoms with Gasteiger partial charge in [-0.25, -0.2) is 9.18 Å². The predicted molar refractivity (Wildman–Crippen MR) is 122 cm³/mol. The van der Waals surface area contributed by atoms with E-state index in [-0.39, 0.29) is 42.6 Å². The summed E-state index contributed by atoms with van der Waals surface area (Å²) < 4.78 is 18.4. The standard InChI is InChI=1S/C25H32FN3O4/c1-5-33-25(32)21-16(3)22(28-17(21)4)24(31)29-11-9-19(10-12-29)15(2)23(30)27-14-18-7-6-8-20(26)13-18/h6-8,13,15,19,28H,5,9-12,14H2,1-4H3,(H,27,30). The molecule has 1 aromatic carbocycles. The highest BCUT2D eigenvalue weighted by atomic mass is 19.1. The molecule has 1 unspecified atom stereocenters. The molecular formula is C25H32FN3O4. The second-order valence-corrected chi connectivity index (χ2v) is 8.61. The van der Waals surface area contributed by atoms with Gasteiger partial charge in [0.15, 0.2) is 0 Å². The van der Waals surface area contributed by atoms with Crippen LogP contribution in [-0.2, 0) is 16.1 Å². The minimum Gasteiger partial charge on any atom is -0.462 e. The number of piperidine rings is 1. The van der Waals surface area contributed by atoms with Crippen LogP contribution in [-0.4, -0.2) is 47.4 Å². The number of likely N-dealkylation sites (tertiary alicyclic amines) is 1. The fraction of sp³-hybridized carbons (Fsp3) is 0.480. The van der Waals surface area contributed by atoms with E-state index in [0.29, 0.717) is 48.4 Å². The van der Waals surface area contributed by atoms with Gasteiger partial charge >= 0.3 is 5.97 Å². The molecule has 2 heterocycles. The largest absolute Gasteiger partial charge is 0.462 e. The first-order valence-electron chi connectivity index (χ1n) is 11.4. The molecular weight excluding hydrogens is 425 g/mol. The van der Waals surface area contributed by atoms with Gasteiger partial charge in [-0.3, -0.25) is 9.59 Å². The first-order chi connectivity index (χ1) is 15.7. The van der Waals surface area contributed by atoms with E-state index < -0.39 is 5.97 Å². The fourth-order valence-corrected chi connectivity index (χ4v) is 4.45. The maximum absolute atomic E-state index is 13.3. The Bertz CT molecular complexity index is 1020. The number of carbonyl (C=O) groups excluding carboxylic acids is 3. The van der Waals surface area contributed by atoms with Gasteiger partial charge in [0.25, 0.3) is 5.91 Å². The molecule has 1 fully saturated rings. The lowest BCUT2D eigenvalue weighted by Crippen LogP contribution is -2.42. The number of ether oxygens (including phenoxy) is 1. The fourth-order valence-electron chi connectivity index (χ4n) is 4.45. The van der Waals surface area contributed by atoms with Crippen molar-refractivity contribution in [3.63, 3.8) is 0 Å². The van der Waals surface area contributed by atoms with Gasteiger partial charge in [-0.05, 0) is 62.8 Å². The molecule has 2 amide bonds. The average molecular weight is 458 g/mol. The quantitative estimate of drug-likeness (QED) is 0.620. The van der Waals surface area contributed by atoms with Gasteiger partial charge in [0.1, 0.15) is 11.5 Å². The summed E-state index contributed by atoms with van der Waals surface area (Å²) in [7, 11) is 0. The molecule has 33 heavy (non-hydrogen) atoms. The van der Waals surface area contributed by atoms with Gasteiger partial charge in [-0.1, -0.05) is 19.1 Å². The van der Waals surface area contributed by atoms with Gasteiger partial charge in [-0.2, -0.15) is 0 Å². The number of H-pyrrole nitrogens is 1. The molecule has 1 aliphatic heterocycles. The molecule has 1 aromatic heterocycles. The number of hydrogen-bond acceptors (Lipinski definition) is 4. The molecule has 0 saturated carbocycles. The molecule has 1 atom stereocenters. The summed E-state index contributed by atoms with van der Waals surface area (Å²) >= 11 is 0. The van der Waals surface area contributed by atoms with Gasteiger partial charge in [0.05, 0.1) is 12.2 Å². The Labute approximate surface area is 193 Å². The topological polar surface area (TPSA) is 91.5 Å². The molecule has 0 aliphatic carbocycles. The summed E-state index contributed by atoms with van der Waals surface area (Å²) in [5, 5.41) is 2.89. The summed E-state index contributed by atoms with van der Waals surface area (Å²) in [6.45, 7) is 8.78. The number of aromatic nitrogens is 1. The molecule has 2 aromatic rings. The van der Waals surface area contributed by atoms with E-state index in [9.17, 15) is 18.8 Å². The van der Waals surface area contributed by atoms with Crippen LogP contribution >= 0.6 is 0 Å². The summed E-state index contributed by atoms with van der Waals surface area (Å²) in [6.07, 6.45) is 1.42. The Morgan fingerprint density at radius 2 is 1.94 bits per heavy atom. The van der Waals surface area contributed by atoms with Crippen molar-refractivity contribution < 1.29 is 23.5 Å². The van der Waals surface area contributed by atoms with Crippen molar-refractivity contribution in [2.24, 2.45) is 11.8 Å². The van der Waals surface area contributed by atoms with Crippen LogP contribution in [0.5, 0.6) is 0 Å². The van der Waals surface area contributed by atoms with Gasteiger partial charge in [0.2, 0.25) is 5.91 Å². The molecule has 2 N–H and O–H groups in total. The van der Waals surface area contributed by atoms with Gasteiger partial charge < -0.3 is 19.9 Å². The van der Waals surface area contributed by atoms with Crippen LogP contribution in [0.1, 0.15) is 64.4 Å². The molecule has 3 rings (SSSR count). The van der Waals surface area contributed by atoms with Crippen LogP contribution in [0.15, 0.2) is 24.3 Å². The SMILES string of the molecule is CCOC(=O)c1c(C)[nH]c(C(=O)N2CCC(C(C)C(=O)NCc3cccc(F)c3)CC2)c1C. The third kappa shape index (κ3) is 5.61. The number of aromatic amines is 1. The van der Waals surface area contributed by atoms with E-state index in [4.69, 9.17) is 4.74 Å². The molecule has 8 heteroatoms. The van der Waals surface area contributed by atoms with E-state index in [1.54, 1.807) is 37.8 Å². The van der Waals surface area contributed by atoms with Crippen LogP contribution in [0.25, 0.3) is 0 Å². The molecule has 0 radical (unpaired) electrons. The second-order valence-electron chi connectivity index (χ2n) is 8.61. The van der Waals surface area contributed by atoms with Crippen molar-refractivity contribution in [3.8, 4) is 0 Å². The lowest BCUT2D eigenvalue weighted by atomic mass is 9.84. The highest BCUT2D eigenvalue weighted by molar-refractivity contribution is 6.00. The van der Waals surface area contributed by atoms with Crippen LogP contribution < -0.4 is 5.32 Å². The zero-order valence-corrected chi connectivity index (χ0v) is 19.7. The number of amides is 2. The summed E-state index contributed by atoms with van der Waals surface area (Å²) in [6, 6.07) is 6.18. The molecule has 1 aliphatic rings. The minimum atomic E-state index is -0.431. The highest BCUT2D eigenvalue weighted by Crippen LogP contribution is 2.27. The van der Waals surface area contributed by atoms with Crippen LogP contribution in [0.2, 0.25) is 0 Å². The molecule has 0 bridgehead atoms. The zero-order valence-electron chi connectivity index (χ0n) is 19.7. The number of aryl methyl sites for hydroxylation is 1. The van der Waals surface area contributed by atoms with E-state index in [2.05, 4.69) is 10.3 Å². The number of benzene rings is 1. The Balaban J connectivity index is 1.56. The lowest BCUT2D eigenvalue weighted by Gasteiger charge is -2.34. The lowest BCUT2D eigenvalue weighted by molar-refractivity contribution is -0.126. The number of rotatable bonds is 7. The number of nitrogens with zero attached hydrogens (tertiary/aromatic N) is 1. The predicted octanol–water partition coefficient (Wildman–Crippen LogP) is 3.75. The molecule has 178 valence electrons. The highest BCUT2D eigenvalue weighted by Gasteiger charge is 2.32. The Morgan fingerprint density at radius 3 is 2.58 bits per heavy atom. The number of nitrogens with one attached hydrogen (secondary N) is 2. The van der Waals surface area contributed by atoms with Crippen molar-refractivity contribution in [1.82, 2.24) is 15.2 Å². The summed E-state index contributed by atoms with van der Waals surface area (Å²) in [5.41, 5.74) is 2.76. The van der Waals surface area contributed by atoms with E-state index in [1.807, 2.05) is 6.92 Å². The summed E-state index contributed by atoms with van der Waals surface area (Å²) in [4.78, 5) is 42.7. The van der Waals surface area contributed by atoms with Crippen LogP contribution in [0.4, 0.5) is 4.39 Å². The summed E-state index contributed by atoms with van der Waals surface area (Å²) in [5.74, 6) is -1.02. The molecule has 7 nitrogen and oxygen atoms in total. The van der Waals surface area contributed by atoms with Crippen LogP contribution in [0, 0.1) is 31.5 Å². The van der Waals surface area contributed by atoms with Gasteiger partial charge in [-0.15, -0.1) is 0 Å².